The predicted molar refractivity (Wildman–Crippen MR) is 124 cm³/mol. The number of aromatic nitrogens is 3. The maximum Gasteiger partial charge on any atom is 0.225 e. The van der Waals surface area contributed by atoms with Crippen LogP contribution in [0.4, 0.5) is 11.5 Å². The third-order valence-corrected chi connectivity index (χ3v) is 6.74. The number of nitrogen functional groups attached to an aromatic ring is 1. The zero-order valence-electron chi connectivity index (χ0n) is 18.3. The SMILES string of the molecule is C=Cc1cnnc(-c2cc(N)c(N3CCN(C(=O)CCO)[C@H](C4CC4)C3)nc2C2CC2)c1. The first kappa shape index (κ1) is 20.9. The lowest BCUT2D eigenvalue weighted by molar-refractivity contribution is -0.135. The van der Waals surface area contributed by atoms with E-state index in [0.717, 1.165) is 60.6 Å². The topological polar surface area (TPSA) is 108 Å². The number of rotatable bonds is 7. The summed E-state index contributed by atoms with van der Waals surface area (Å²) < 4.78 is 0. The van der Waals surface area contributed by atoms with Crippen LogP contribution in [0.3, 0.4) is 0 Å². The van der Waals surface area contributed by atoms with Crippen LogP contribution in [0.2, 0.25) is 0 Å². The Morgan fingerprint density at radius 3 is 2.75 bits per heavy atom. The van der Waals surface area contributed by atoms with E-state index in [0.29, 0.717) is 30.6 Å². The molecule has 1 aliphatic heterocycles. The molecule has 8 heteroatoms. The summed E-state index contributed by atoms with van der Waals surface area (Å²) in [5, 5.41) is 17.7. The van der Waals surface area contributed by atoms with Gasteiger partial charge in [-0.2, -0.15) is 10.2 Å². The number of hydrogen-bond acceptors (Lipinski definition) is 7. The minimum absolute atomic E-state index is 0.0414. The van der Waals surface area contributed by atoms with E-state index in [9.17, 15) is 9.90 Å². The van der Waals surface area contributed by atoms with Gasteiger partial charge in [0, 0.05) is 37.5 Å². The van der Waals surface area contributed by atoms with Gasteiger partial charge in [0.1, 0.15) is 0 Å². The molecule has 3 N–H and O–H groups in total. The third kappa shape index (κ3) is 4.07. The molecule has 3 heterocycles. The molecule has 2 aromatic heterocycles. The number of nitrogens with two attached hydrogens (primary N) is 1. The highest BCUT2D eigenvalue weighted by Crippen LogP contribution is 2.45. The summed E-state index contributed by atoms with van der Waals surface area (Å²) in [6.07, 6.45) is 8.17. The molecule has 168 valence electrons. The van der Waals surface area contributed by atoms with E-state index in [1.165, 1.54) is 0 Å². The monoisotopic (exact) mass is 434 g/mol. The Morgan fingerprint density at radius 2 is 2.06 bits per heavy atom. The van der Waals surface area contributed by atoms with Gasteiger partial charge in [0.2, 0.25) is 5.91 Å². The van der Waals surface area contributed by atoms with Gasteiger partial charge in [-0.25, -0.2) is 4.98 Å². The van der Waals surface area contributed by atoms with Crippen LogP contribution >= 0.6 is 0 Å². The zero-order valence-corrected chi connectivity index (χ0v) is 18.3. The lowest BCUT2D eigenvalue weighted by Crippen LogP contribution is -2.56. The van der Waals surface area contributed by atoms with Gasteiger partial charge in [-0.1, -0.05) is 12.7 Å². The molecular weight excluding hydrogens is 404 g/mol. The standard InChI is InChI=1S/C24H30N6O2/c1-2-15-11-20(28-26-13-15)18-12-19(25)24(27-23(18)17-5-6-17)29-8-9-30(22(32)7-10-31)21(14-29)16-3-4-16/h2,11-13,16-17,21,31H,1,3-10,14,25H2/t21-/m0/s1. The fraction of sp³-hybridized carbons (Fsp3) is 0.500. The van der Waals surface area contributed by atoms with Crippen LogP contribution < -0.4 is 10.6 Å². The Balaban J connectivity index is 1.46. The first-order chi connectivity index (χ1) is 15.6. The number of piperazine rings is 1. The van der Waals surface area contributed by atoms with Crippen LogP contribution in [0, 0.1) is 5.92 Å². The van der Waals surface area contributed by atoms with Crippen molar-refractivity contribution >= 4 is 23.5 Å². The number of anilines is 2. The average molecular weight is 435 g/mol. The molecule has 1 saturated heterocycles. The molecule has 0 aromatic carbocycles. The van der Waals surface area contributed by atoms with E-state index in [2.05, 4.69) is 21.7 Å². The first-order valence-corrected chi connectivity index (χ1v) is 11.5. The molecule has 0 radical (unpaired) electrons. The quantitative estimate of drug-likeness (QED) is 0.689. The fourth-order valence-corrected chi connectivity index (χ4v) is 4.72. The smallest absolute Gasteiger partial charge is 0.225 e. The van der Waals surface area contributed by atoms with Crippen molar-refractivity contribution in [1.82, 2.24) is 20.1 Å². The molecule has 1 atom stereocenters. The molecule has 0 bridgehead atoms. The highest BCUT2D eigenvalue weighted by Gasteiger charge is 2.41. The average Bonchev–Trinajstić information content (AvgIpc) is 3.72. The largest absolute Gasteiger partial charge is 0.396 e. The summed E-state index contributed by atoms with van der Waals surface area (Å²) in [4.78, 5) is 21.8. The second-order valence-corrected chi connectivity index (χ2v) is 9.10. The van der Waals surface area contributed by atoms with Crippen molar-refractivity contribution in [2.75, 3.05) is 36.9 Å². The van der Waals surface area contributed by atoms with Crippen LogP contribution in [0.15, 0.2) is 24.9 Å². The van der Waals surface area contributed by atoms with Crippen LogP contribution in [0.1, 0.15) is 49.3 Å². The summed E-state index contributed by atoms with van der Waals surface area (Å²) in [7, 11) is 0. The van der Waals surface area contributed by atoms with E-state index in [1.807, 2.05) is 17.0 Å². The van der Waals surface area contributed by atoms with Crippen molar-refractivity contribution < 1.29 is 9.90 Å². The molecule has 3 aliphatic rings. The maximum absolute atomic E-state index is 12.5. The number of hydrogen-bond donors (Lipinski definition) is 2. The normalized spacial score (nSPS) is 21.0. The van der Waals surface area contributed by atoms with Crippen molar-refractivity contribution in [3.63, 3.8) is 0 Å². The summed E-state index contributed by atoms with van der Waals surface area (Å²) in [6, 6.07) is 4.11. The summed E-state index contributed by atoms with van der Waals surface area (Å²) in [6.45, 7) is 5.78. The van der Waals surface area contributed by atoms with Crippen molar-refractivity contribution in [2.24, 2.45) is 5.92 Å². The summed E-state index contributed by atoms with van der Waals surface area (Å²) in [5.74, 6) is 1.80. The third-order valence-electron chi connectivity index (χ3n) is 6.74. The molecule has 0 spiro atoms. The number of nitrogens with zero attached hydrogens (tertiary/aromatic N) is 5. The maximum atomic E-state index is 12.5. The zero-order chi connectivity index (χ0) is 22.2. The Morgan fingerprint density at radius 1 is 1.25 bits per heavy atom. The molecule has 8 nitrogen and oxygen atoms in total. The number of carbonyl (C=O) groups excluding carboxylic acids is 1. The van der Waals surface area contributed by atoms with Crippen molar-refractivity contribution in [1.29, 1.82) is 0 Å². The summed E-state index contributed by atoms with van der Waals surface area (Å²) >= 11 is 0. The first-order valence-electron chi connectivity index (χ1n) is 11.5. The van der Waals surface area contributed by atoms with Crippen LogP contribution in [-0.4, -0.2) is 63.4 Å². The Hall–Kier alpha value is -3.00. The second-order valence-electron chi connectivity index (χ2n) is 9.10. The lowest BCUT2D eigenvalue weighted by atomic mass is 10.0. The minimum Gasteiger partial charge on any atom is -0.396 e. The lowest BCUT2D eigenvalue weighted by Gasteiger charge is -2.42. The van der Waals surface area contributed by atoms with Gasteiger partial charge < -0.3 is 20.6 Å². The molecule has 2 aromatic rings. The highest BCUT2D eigenvalue weighted by atomic mass is 16.3. The van der Waals surface area contributed by atoms with Gasteiger partial charge >= 0.3 is 0 Å². The molecule has 1 amide bonds. The Labute approximate surface area is 188 Å². The molecule has 0 unspecified atom stereocenters. The molecule has 3 fully saturated rings. The van der Waals surface area contributed by atoms with Gasteiger partial charge in [-0.15, -0.1) is 0 Å². The molecule has 5 rings (SSSR count). The van der Waals surface area contributed by atoms with Crippen molar-refractivity contribution in [3.8, 4) is 11.3 Å². The van der Waals surface area contributed by atoms with E-state index in [4.69, 9.17) is 10.7 Å². The van der Waals surface area contributed by atoms with Gasteiger partial charge in [0.05, 0.1) is 35.9 Å². The van der Waals surface area contributed by atoms with E-state index < -0.39 is 0 Å². The Kier molecular flexibility index (Phi) is 5.55. The van der Waals surface area contributed by atoms with Crippen LogP contribution in [0.5, 0.6) is 0 Å². The molecule has 2 saturated carbocycles. The molecular formula is C24H30N6O2. The van der Waals surface area contributed by atoms with Gasteiger partial charge in [-0.3, -0.25) is 4.79 Å². The van der Waals surface area contributed by atoms with Gasteiger partial charge in [0.15, 0.2) is 5.82 Å². The molecule has 2 aliphatic carbocycles. The number of aliphatic hydroxyl groups is 1. The van der Waals surface area contributed by atoms with Gasteiger partial charge in [0.25, 0.3) is 0 Å². The molecule has 32 heavy (non-hydrogen) atoms. The number of carbonyl (C=O) groups is 1. The number of amides is 1. The summed E-state index contributed by atoms with van der Waals surface area (Å²) in [5.41, 5.74) is 10.8. The van der Waals surface area contributed by atoms with E-state index >= 15 is 0 Å². The van der Waals surface area contributed by atoms with E-state index in [-0.39, 0.29) is 25.0 Å². The Bertz CT molecular complexity index is 1030. The minimum atomic E-state index is -0.104. The predicted octanol–water partition coefficient (Wildman–Crippen LogP) is 2.45. The number of aliphatic hydroxyl groups excluding tert-OH is 1. The van der Waals surface area contributed by atoms with E-state index in [1.54, 1.807) is 12.3 Å². The highest BCUT2D eigenvalue weighted by molar-refractivity contribution is 5.78. The van der Waals surface area contributed by atoms with Crippen molar-refractivity contribution in [2.45, 2.75) is 44.1 Å². The van der Waals surface area contributed by atoms with Crippen LogP contribution in [0.25, 0.3) is 17.3 Å². The second kappa shape index (κ2) is 8.50. The van der Waals surface area contributed by atoms with Crippen molar-refractivity contribution in [3.05, 3.63) is 36.2 Å². The van der Waals surface area contributed by atoms with Gasteiger partial charge in [-0.05, 0) is 49.3 Å². The fourth-order valence-electron chi connectivity index (χ4n) is 4.72. The van der Waals surface area contributed by atoms with Crippen LogP contribution in [-0.2, 0) is 4.79 Å². The number of pyridine rings is 1.